The van der Waals surface area contributed by atoms with Gasteiger partial charge in [-0.15, -0.1) is 5.01 Å². The minimum atomic E-state index is -0.289. The van der Waals surface area contributed by atoms with Gasteiger partial charge in [-0.1, -0.05) is 0 Å². The van der Waals surface area contributed by atoms with Crippen LogP contribution >= 0.6 is 0 Å². The molecule has 0 aromatic heterocycles. The molecule has 1 saturated heterocycles. The standard InChI is InChI=1S/C6H12N2O2/c1-5-3-4-6(2)7(5)8(9)10/h5-6H,3-4H2,1-2H3/t5-,6-/m1/s1. The smallest absolute Gasteiger partial charge is 0.160 e. The average molecular weight is 144 g/mol. The lowest BCUT2D eigenvalue weighted by Crippen LogP contribution is -2.37. The Bertz CT molecular complexity index is 139. The fraction of sp³-hybridized carbons (Fsp3) is 1.00. The Kier molecular flexibility index (Phi) is 1.78. The third-order valence-electron chi connectivity index (χ3n) is 2.09. The number of hydrogen-bond donors (Lipinski definition) is 0. The summed E-state index contributed by atoms with van der Waals surface area (Å²) in [4.78, 5) is 10.4. The van der Waals surface area contributed by atoms with Crippen molar-refractivity contribution in [1.29, 1.82) is 0 Å². The topological polar surface area (TPSA) is 46.4 Å². The summed E-state index contributed by atoms with van der Waals surface area (Å²) < 4.78 is 0. The molecule has 0 spiro atoms. The van der Waals surface area contributed by atoms with Crippen LogP contribution in [0.15, 0.2) is 0 Å². The van der Waals surface area contributed by atoms with E-state index in [1.54, 1.807) is 0 Å². The molecule has 10 heavy (non-hydrogen) atoms. The van der Waals surface area contributed by atoms with Gasteiger partial charge in [0.2, 0.25) is 0 Å². The van der Waals surface area contributed by atoms with Crippen molar-refractivity contribution in [2.45, 2.75) is 38.8 Å². The Balaban J connectivity index is 2.63. The lowest BCUT2D eigenvalue weighted by Gasteiger charge is -2.15. The first-order valence-corrected chi connectivity index (χ1v) is 3.55. The van der Waals surface area contributed by atoms with E-state index in [1.165, 1.54) is 5.01 Å². The minimum absolute atomic E-state index is 0.116. The van der Waals surface area contributed by atoms with E-state index in [0.29, 0.717) is 0 Å². The summed E-state index contributed by atoms with van der Waals surface area (Å²) in [6, 6.07) is 0.231. The van der Waals surface area contributed by atoms with Gasteiger partial charge < -0.3 is 0 Å². The maximum Gasteiger partial charge on any atom is 0.160 e. The summed E-state index contributed by atoms with van der Waals surface area (Å²) >= 11 is 0. The van der Waals surface area contributed by atoms with Crippen molar-refractivity contribution in [2.75, 3.05) is 0 Å². The van der Waals surface area contributed by atoms with E-state index in [9.17, 15) is 10.1 Å². The largest absolute Gasteiger partial charge is 0.235 e. The maximum atomic E-state index is 10.4. The molecule has 58 valence electrons. The number of hydrogen-bond acceptors (Lipinski definition) is 2. The van der Waals surface area contributed by atoms with Crippen LogP contribution in [0.25, 0.3) is 0 Å². The Hall–Kier alpha value is -0.800. The summed E-state index contributed by atoms with van der Waals surface area (Å²) in [5.41, 5.74) is 0. The molecule has 1 fully saturated rings. The van der Waals surface area contributed by atoms with E-state index in [-0.39, 0.29) is 17.1 Å². The van der Waals surface area contributed by atoms with Gasteiger partial charge in [-0.05, 0) is 26.7 Å². The Labute approximate surface area is 59.9 Å². The zero-order chi connectivity index (χ0) is 7.72. The average Bonchev–Trinajstić information content (AvgIpc) is 2.11. The van der Waals surface area contributed by atoms with E-state index in [2.05, 4.69) is 0 Å². The molecule has 2 atom stereocenters. The second kappa shape index (κ2) is 2.44. The van der Waals surface area contributed by atoms with Gasteiger partial charge in [-0.25, -0.2) is 10.1 Å². The molecule has 1 aliphatic rings. The zero-order valence-electron chi connectivity index (χ0n) is 6.28. The zero-order valence-corrected chi connectivity index (χ0v) is 6.28. The van der Waals surface area contributed by atoms with Crippen LogP contribution < -0.4 is 0 Å². The summed E-state index contributed by atoms with van der Waals surface area (Å²) in [5.74, 6) is 0. The molecule has 0 unspecified atom stereocenters. The van der Waals surface area contributed by atoms with Crippen LogP contribution in [0.1, 0.15) is 26.7 Å². The molecule has 0 aromatic rings. The third-order valence-corrected chi connectivity index (χ3v) is 2.09. The van der Waals surface area contributed by atoms with E-state index in [0.717, 1.165) is 12.8 Å². The second-order valence-electron chi connectivity index (χ2n) is 2.89. The van der Waals surface area contributed by atoms with Gasteiger partial charge in [0.25, 0.3) is 0 Å². The van der Waals surface area contributed by atoms with Gasteiger partial charge >= 0.3 is 0 Å². The van der Waals surface area contributed by atoms with Crippen LogP contribution in [0.4, 0.5) is 0 Å². The number of rotatable bonds is 1. The lowest BCUT2D eigenvalue weighted by molar-refractivity contribution is -0.666. The minimum Gasteiger partial charge on any atom is -0.235 e. The summed E-state index contributed by atoms with van der Waals surface area (Å²) in [6.45, 7) is 3.79. The number of nitro groups is 1. The van der Waals surface area contributed by atoms with Crippen LogP contribution in [0.3, 0.4) is 0 Å². The van der Waals surface area contributed by atoms with Crippen LogP contribution in [0.5, 0.6) is 0 Å². The van der Waals surface area contributed by atoms with Gasteiger partial charge in [0.1, 0.15) is 0 Å². The molecule has 4 heteroatoms. The monoisotopic (exact) mass is 144 g/mol. The summed E-state index contributed by atoms with van der Waals surface area (Å²) in [5, 5.41) is 11.4. The van der Waals surface area contributed by atoms with Crippen molar-refractivity contribution in [2.24, 2.45) is 0 Å². The molecule has 0 bridgehead atoms. The SMILES string of the molecule is C[C@@H]1CC[C@@H](C)N1[N+](=O)[O-]. The molecule has 0 N–H and O–H groups in total. The summed E-state index contributed by atoms with van der Waals surface area (Å²) in [7, 11) is 0. The highest BCUT2D eigenvalue weighted by molar-refractivity contribution is 4.75. The second-order valence-corrected chi connectivity index (χ2v) is 2.89. The highest BCUT2D eigenvalue weighted by Crippen LogP contribution is 2.22. The molecule has 0 saturated carbocycles. The molecular formula is C6H12N2O2. The Morgan fingerprint density at radius 3 is 2.00 bits per heavy atom. The Morgan fingerprint density at radius 1 is 1.40 bits per heavy atom. The molecule has 0 aromatic carbocycles. The van der Waals surface area contributed by atoms with Gasteiger partial charge in [-0.2, -0.15) is 0 Å². The van der Waals surface area contributed by atoms with Crippen molar-refractivity contribution in [3.8, 4) is 0 Å². The van der Waals surface area contributed by atoms with E-state index in [1.807, 2.05) is 13.8 Å². The van der Waals surface area contributed by atoms with E-state index in [4.69, 9.17) is 0 Å². The first-order valence-electron chi connectivity index (χ1n) is 3.55. The van der Waals surface area contributed by atoms with Crippen LogP contribution in [0.2, 0.25) is 0 Å². The molecular weight excluding hydrogens is 132 g/mol. The fourth-order valence-corrected chi connectivity index (χ4v) is 1.50. The predicted octanol–water partition coefficient (Wildman–Crippen LogP) is 1.05. The molecule has 0 aliphatic carbocycles. The molecule has 0 radical (unpaired) electrons. The van der Waals surface area contributed by atoms with Crippen molar-refractivity contribution >= 4 is 0 Å². The lowest BCUT2D eigenvalue weighted by atomic mass is 10.2. The van der Waals surface area contributed by atoms with Gasteiger partial charge in [0.15, 0.2) is 5.03 Å². The van der Waals surface area contributed by atoms with Crippen molar-refractivity contribution < 1.29 is 5.03 Å². The van der Waals surface area contributed by atoms with Crippen LogP contribution in [-0.4, -0.2) is 22.1 Å². The number of nitrogens with zero attached hydrogens (tertiary/aromatic N) is 2. The highest BCUT2D eigenvalue weighted by Gasteiger charge is 2.34. The van der Waals surface area contributed by atoms with Crippen molar-refractivity contribution in [3.63, 3.8) is 0 Å². The molecule has 4 nitrogen and oxygen atoms in total. The molecule has 0 amide bonds. The highest BCUT2D eigenvalue weighted by atomic mass is 16.7. The normalized spacial score (nSPS) is 32.8. The first kappa shape index (κ1) is 7.31. The van der Waals surface area contributed by atoms with E-state index < -0.39 is 0 Å². The molecule has 1 aliphatic heterocycles. The van der Waals surface area contributed by atoms with Crippen LogP contribution in [-0.2, 0) is 0 Å². The van der Waals surface area contributed by atoms with E-state index >= 15 is 0 Å². The van der Waals surface area contributed by atoms with Crippen LogP contribution in [0, 0.1) is 10.1 Å². The van der Waals surface area contributed by atoms with Gasteiger partial charge in [0.05, 0.1) is 12.1 Å². The third kappa shape index (κ3) is 1.05. The first-order chi connectivity index (χ1) is 4.63. The molecule has 1 heterocycles. The van der Waals surface area contributed by atoms with Gasteiger partial charge in [0, 0.05) is 0 Å². The molecule has 1 rings (SSSR count). The predicted molar refractivity (Wildman–Crippen MR) is 37.0 cm³/mol. The van der Waals surface area contributed by atoms with Gasteiger partial charge in [-0.3, -0.25) is 0 Å². The quantitative estimate of drug-likeness (QED) is 0.408. The number of hydrazine groups is 1. The maximum absolute atomic E-state index is 10.4. The van der Waals surface area contributed by atoms with Crippen molar-refractivity contribution in [3.05, 3.63) is 10.1 Å². The Morgan fingerprint density at radius 2 is 1.80 bits per heavy atom. The van der Waals surface area contributed by atoms with Crippen molar-refractivity contribution in [1.82, 2.24) is 5.01 Å². The fourth-order valence-electron chi connectivity index (χ4n) is 1.50. The summed E-state index contributed by atoms with van der Waals surface area (Å²) in [6.07, 6.45) is 1.89.